The number of hydrogen-bond donors (Lipinski definition) is 1. The highest BCUT2D eigenvalue weighted by Crippen LogP contribution is 2.10. The monoisotopic (exact) mass is 289 g/mol. The van der Waals surface area contributed by atoms with Crippen LogP contribution in [0.5, 0.6) is 0 Å². The summed E-state index contributed by atoms with van der Waals surface area (Å²) in [5, 5.41) is 17.7. The van der Waals surface area contributed by atoms with Crippen LogP contribution in [-0.2, 0) is 11.3 Å². The van der Waals surface area contributed by atoms with E-state index in [0.29, 0.717) is 16.4 Å². The molecule has 0 aliphatic rings. The lowest BCUT2D eigenvalue weighted by Gasteiger charge is -2.08. The summed E-state index contributed by atoms with van der Waals surface area (Å²) in [6.45, 7) is 3.08. The minimum Gasteiger partial charge on any atom is -0.300 e. The lowest BCUT2D eigenvalue weighted by atomic mass is 10.1. The summed E-state index contributed by atoms with van der Waals surface area (Å²) in [5.41, 5.74) is 0.529. The molecule has 0 bridgehead atoms. The van der Waals surface area contributed by atoms with Gasteiger partial charge >= 0.3 is 0 Å². The van der Waals surface area contributed by atoms with E-state index < -0.39 is 11.5 Å². The molecule has 20 heavy (non-hydrogen) atoms. The molecular weight excluding hydrogens is 278 g/mol. The number of thiazole rings is 1. The maximum Gasteiger partial charge on any atom is 0.285 e. The smallest absolute Gasteiger partial charge is 0.285 e. The van der Waals surface area contributed by atoms with Gasteiger partial charge in [-0.3, -0.25) is 9.59 Å². The molecule has 0 fully saturated rings. The van der Waals surface area contributed by atoms with Crippen molar-refractivity contribution in [1.29, 1.82) is 5.26 Å². The van der Waals surface area contributed by atoms with Crippen LogP contribution in [0.1, 0.15) is 16.8 Å². The predicted octanol–water partition coefficient (Wildman–Crippen LogP) is 0.827. The van der Waals surface area contributed by atoms with Crippen LogP contribution in [0, 0.1) is 25.2 Å². The summed E-state index contributed by atoms with van der Waals surface area (Å²) in [6, 6.07) is 1.85. The molecule has 0 spiro atoms. The van der Waals surface area contributed by atoms with Crippen molar-refractivity contribution in [3.63, 3.8) is 0 Å². The molecule has 2 aromatic rings. The van der Waals surface area contributed by atoms with Gasteiger partial charge in [0.1, 0.15) is 18.2 Å². The molecule has 1 amide bonds. The normalized spacial score (nSPS) is 10.1. The van der Waals surface area contributed by atoms with Gasteiger partial charge in [-0.05, 0) is 19.4 Å². The van der Waals surface area contributed by atoms with Gasteiger partial charge in [0.15, 0.2) is 5.13 Å². The Bertz CT molecular complexity index is 742. The lowest BCUT2D eigenvalue weighted by Crippen LogP contribution is -2.32. The number of rotatable bonds is 3. The highest BCUT2D eigenvalue weighted by Gasteiger charge is 2.14. The van der Waals surface area contributed by atoms with Gasteiger partial charge in [-0.15, -0.1) is 11.3 Å². The third kappa shape index (κ3) is 2.73. The van der Waals surface area contributed by atoms with E-state index in [-0.39, 0.29) is 12.1 Å². The minimum atomic E-state index is -0.565. The van der Waals surface area contributed by atoms with Gasteiger partial charge in [-0.2, -0.15) is 10.4 Å². The first kappa shape index (κ1) is 13.9. The number of nitriles is 1. The second-order valence-electron chi connectivity index (χ2n) is 4.05. The molecule has 0 saturated heterocycles. The van der Waals surface area contributed by atoms with E-state index in [1.54, 1.807) is 25.4 Å². The molecular formula is C12H11N5O2S. The molecule has 0 saturated carbocycles. The van der Waals surface area contributed by atoms with Crippen molar-refractivity contribution in [3.05, 3.63) is 38.8 Å². The zero-order valence-electron chi connectivity index (χ0n) is 10.9. The second kappa shape index (κ2) is 5.63. The number of anilines is 1. The highest BCUT2D eigenvalue weighted by atomic mass is 32.1. The molecule has 8 heteroatoms. The van der Waals surface area contributed by atoms with Gasteiger partial charge in [-0.25, -0.2) is 9.67 Å². The van der Waals surface area contributed by atoms with Crippen molar-refractivity contribution in [2.75, 3.05) is 5.32 Å². The number of aromatic nitrogens is 3. The van der Waals surface area contributed by atoms with E-state index in [0.717, 1.165) is 4.68 Å². The summed E-state index contributed by atoms with van der Waals surface area (Å²) in [4.78, 5) is 27.7. The van der Waals surface area contributed by atoms with Crippen LogP contribution in [0.3, 0.4) is 0 Å². The van der Waals surface area contributed by atoms with Gasteiger partial charge < -0.3 is 5.32 Å². The van der Waals surface area contributed by atoms with E-state index in [4.69, 9.17) is 5.26 Å². The Kier molecular flexibility index (Phi) is 3.91. The number of hydrogen-bond acceptors (Lipinski definition) is 6. The van der Waals surface area contributed by atoms with E-state index >= 15 is 0 Å². The zero-order chi connectivity index (χ0) is 14.7. The Morgan fingerprint density at radius 2 is 2.30 bits per heavy atom. The Balaban J connectivity index is 2.26. The summed E-state index contributed by atoms with van der Waals surface area (Å²) >= 11 is 1.28. The van der Waals surface area contributed by atoms with Crippen molar-refractivity contribution < 1.29 is 4.79 Å². The van der Waals surface area contributed by atoms with Crippen LogP contribution < -0.4 is 10.9 Å². The number of amides is 1. The van der Waals surface area contributed by atoms with Gasteiger partial charge in [0.2, 0.25) is 5.91 Å². The van der Waals surface area contributed by atoms with E-state index in [2.05, 4.69) is 15.4 Å². The van der Waals surface area contributed by atoms with Crippen LogP contribution in [0.2, 0.25) is 0 Å². The molecule has 0 aromatic carbocycles. The fourth-order valence-corrected chi connectivity index (χ4v) is 2.14. The Labute approximate surface area is 118 Å². The first-order valence-electron chi connectivity index (χ1n) is 5.70. The van der Waals surface area contributed by atoms with Crippen LogP contribution in [-0.4, -0.2) is 20.7 Å². The average Bonchev–Trinajstić information content (AvgIpc) is 2.89. The number of aryl methyl sites for hydroxylation is 1. The standard InChI is InChI=1S/C12H11N5O2S/c1-7-8(2)16-17(11(19)9(7)5-13)6-10(18)15-12-14-3-4-20-12/h3-4H,6H2,1-2H3,(H,14,15,18). The third-order valence-corrected chi connectivity index (χ3v) is 3.41. The largest absolute Gasteiger partial charge is 0.300 e. The summed E-state index contributed by atoms with van der Waals surface area (Å²) in [6.07, 6.45) is 1.56. The van der Waals surface area contributed by atoms with Crippen molar-refractivity contribution in [2.45, 2.75) is 20.4 Å². The van der Waals surface area contributed by atoms with E-state index in [9.17, 15) is 9.59 Å². The van der Waals surface area contributed by atoms with Crippen LogP contribution >= 0.6 is 11.3 Å². The molecule has 2 heterocycles. The van der Waals surface area contributed by atoms with E-state index in [1.165, 1.54) is 11.3 Å². The fourth-order valence-electron chi connectivity index (χ4n) is 1.59. The number of nitrogens with one attached hydrogen (secondary N) is 1. The molecule has 0 radical (unpaired) electrons. The average molecular weight is 289 g/mol. The number of nitrogens with zero attached hydrogens (tertiary/aromatic N) is 4. The fraction of sp³-hybridized carbons (Fsp3) is 0.250. The van der Waals surface area contributed by atoms with Crippen molar-refractivity contribution >= 4 is 22.4 Å². The number of carbonyl (C=O) groups is 1. The Hall–Kier alpha value is -2.53. The topological polar surface area (TPSA) is 101 Å². The summed E-state index contributed by atoms with van der Waals surface area (Å²) in [5.74, 6) is -0.415. The predicted molar refractivity (Wildman–Crippen MR) is 73.4 cm³/mol. The molecule has 102 valence electrons. The van der Waals surface area contributed by atoms with Crippen LogP contribution in [0.15, 0.2) is 16.4 Å². The first-order chi connectivity index (χ1) is 9.52. The zero-order valence-corrected chi connectivity index (χ0v) is 11.7. The highest BCUT2D eigenvalue weighted by molar-refractivity contribution is 7.13. The molecule has 1 N–H and O–H groups in total. The Morgan fingerprint density at radius 1 is 1.55 bits per heavy atom. The molecule has 2 rings (SSSR count). The van der Waals surface area contributed by atoms with Crippen LogP contribution in [0.4, 0.5) is 5.13 Å². The SMILES string of the molecule is Cc1nn(CC(=O)Nc2nccs2)c(=O)c(C#N)c1C. The van der Waals surface area contributed by atoms with Crippen molar-refractivity contribution in [3.8, 4) is 6.07 Å². The van der Waals surface area contributed by atoms with Gasteiger partial charge in [0, 0.05) is 11.6 Å². The third-order valence-electron chi connectivity index (χ3n) is 2.72. The molecule has 0 atom stereocenters. The minimum absolute atomic E-state index is 0.0135. The molecule has 2 aromatic heterocycles. The molecule has 0 aliphatic carbocycles. The maximum atomic E-state index is 12.0. The molecule has 7 nitrogen and oxygen atoms in total. The first-order valence-corrected chi connectivity index (χ1v) is 6.58. The van der Waals surface area contributed by atoms with Gasteiger partial charge in [-0.1, -0.05) is 0 Å². The second-order valence-corrected chi connectivity index (χ2v) is 4.94. The van der Waals surface area contributed by atoms with Crippen molar-refractivity contribution in [2.24, 2.45) is 0 Å². The molecule has 0 aliphatic heterocycles. The Morgan fingerprint density at radius 3 is 2.90 bits per heavy atom. The lowest BCUT2D eigenvalue weighted by molar-refractivity contribution is -0.117. The quantitative estimate of drug-likeness (QED) is 0.901. The van der Waals surface area contributed by atoms with E-state index in [1.807, 2.05) is 6.07 Å². The molecule has 0 unspecified atom stereocenters. The van der Waals surface area contributed by atoms with Gasteiger partial charge in [0.25, 0.3) is 5.56 Å². The van der Waals surface area contributed by atoms with Gasteiger partial charge in [0.05, 0.1) is 5.69 Å². The van der Waals surface area contributed by atoms with Crippen LogP contribution in [0.25, 0.3) is 0 Å². The summed E-state index contributed by atoms with van der Waals surface area (Å²) in [7, 11) is 0. The number of carbonyl (C=O) groups excluding carboxylic acids is 1. The van der Waals surface area contributed by atoms with Crippen molar-refractivity contribution in [1.82, 2.24) is 14.8 Å². The summed E-state index contributed by atoms with van der Waals surface area (Å²) < 4.78 is 0.990. The maximum absolute atomic E-state index is 12.0.